The van der Waals surface area contributed by atoms with Crippen molar-refractivity contribution >= 4 is 11.9 Å². The third kappa shape index (κ3) is 5.08. The van der Waals surface area contributed by atoms with Gasteiger partial charge in [0.25, 0.3) is 5.91 Å². The SMILES string of the molecule is Cc1ccc(CC(=O)OCC(=O)N[C@H]2CCC[C@H](C)[C@@H]2C)cc1C. The van der Waals surface area contributed by atoms with Crippen molar-refractivity contribution < 1.29 is 14.3 Å². The molecule has 1 fully saturated rings. The molecule has 2 rings (SSSR count). The Hall–Kier alpha value is -1.84. The average Bonchev–Trinajstić information content (AvgIpc) is 2.53. The van der Waals surface area contributed by atoms with E-state index < -0.39 is 0 Å². The van der Waals surface area contributed by atoms with Crippen LogP contribution >= 0.6 is 0 Å². The van der Waals surface area contributed by atoms with Crippen molar-refractivity contribution in [2.45, 2.75) is 59.4 Å². The fraction of sp³-hybridized carbons (Fsp3) is 0.600. The second kappa shape index (κ2) is 8.32. The summed E-state index contributed by atoms with van der Waals surface area (Å²) in [4.78, 5) is 24.0. The Morgan fingerprint density at radius 3 is 2.62 bits per heavy atom. The van der Waals surface area contributed by atoms with Crippen molar-refractivity contribution in [3.05, 3.63) is 34.9 Å². The number of ether oxygens (including phenoxy) is 1. The number of hydrogen-bond donors (Lipinski definition) is 1. The van der Waals surface area contributed by atoms with E-state index in [9.17, 15) is 9.59 Å². The molecule has 0 aliphatic heterocycles. The van der Waals surface area contributed by atoms with E-state index in [0.29, 0.717) is 11.8 Å². The van der Waals surface area contributed by atoms with E-state index in [2.05, 4.69) is 19.2 Å². The van der Waals surface area contributed by atoms with Gasteiger partial charge in [-0.2, -0.15) is 0 Å². The topological polar surface area (TPSA) is 55.4 Å². The van der Waals surface area contributed by atoms with Crippen LogP contribution in [0.3, 0.4) is 0 Å². The van der Waals surface area contributed by atoms with Crippen LogP contribution in [0.2, 0.25) is 0 Å². The molecule has 0 unspecified atom stereocenters. The molecule has 1 saturated carbocycles. The maximum Gasteiger partial charge on any atom is 0.310 e. The third-order valence-corrected chi connectivity index (χ3v) is 5.34. The number of esters is 1. The lowest BCUT2D eigenvalue weighted by molar-refractivity contribution is -0.148. The van der Waals surface area contributed by atoms with Gasteiger partial charge < -0.3 is 10.1 Å². The summed E-state index contributed by atoms with van der Waals surface area (Å²) in [5.74, 6) is 0.526. The molecular formula is C20H29NO3. The highest BCUT2D eigenvalue weighted by Gasteiger charge is 2.28. The Kier molecular flexibility index (Phi) is 6.41. The minimum absolute atomic E-state index is 0.193. The van der Waals surface area contributed by atoms with E-state index in [-0.39, 0.29) is 30.9 Å². The van der Waals surface area contributed by atoms with Crippen molar-refractivity contribution in [2.24, 2.45) is 11.8 Å². The average molecular weight is 331 g/mol. The summed E-state index contributed by atoms with van der Waals surface area (Å²) in [5, 5.41) is 3.02. The monoisotopic (exact) mass is 331 g/mol. The number of carbonyl (C=O) groups is 2. The maximum atomic E-state index is 12.0. The lowest BCUT2D eigenvalue weighted by atomic mass is 9.78. The van der Waals surface area contributed by atoms with Crippen LogP contribution in [0.1, 0.15) is 49.8 Å². The molecule has 1 aromatic rings. The molecule has 0 heterocycles. The summed E-state index contributed by atoms with van der Waals surface area (Å²) in [6, 6.07) is 6.10. The van der Waals surface area contributed by atoms with Gasteiger partial charge in [-0.05, 0) is 48.8 Å². The zero-order chi connectivity index (χ0) is 17.7. The molecule has 4 heteroatoms. The number of carbonyl (C=O) groups excluding carboxylic acids is 2. The zero-order valence-electron chi connectivity index (χ0n) is 15.2. The van der Waals surface area contributed by atoms with Crippen molar-refractivity contribution in [3.8, 4) is 0 Å². The summed E-state index contributed by atoms with van der Waals surface area (Å²) in [6.07, 6.45) is 3.57. The summed E-state index contributed by atoms with van der Waals surface area (Å²) in [7, 11) is 0. The molecule has 1 amide bonds. The highest BCUT2D eigenvalue weighted by Crippen LogP contribution is 2.29. The van der Waals surface area contributed by atoms with Crippen LogP contribution in [0.25, 0.3) is 0 Å². The summed E-state index contributed by atoms with van der Waals surface area (Å²) in [6.45, 7) is 8.27. The molecular weight excluding hydrogens is 302 g/mol. The number of rotatable bonds is 5. The molecule has 1 N–H and O–H groups in total. The summed E-state index contributed by atoms with van der Waals surface area (Å²) < 4.78 is 5.13. The number of aryl methyl sites for hydroxylation is 2. The number of benzene rings is 1. The first kappa shape index (κ1) is 18.5. The van der Waals surface area contributed by atoms with Crippen LogP contribution in [0.4, 0.5) is 0 Å². The Morgan fingerprint density at radius 1 is 1.17 bits per heavy atom. The molecule has 0 saturated heterocycles. The lowest BCUT2D eigenvalue weighted by Gasteiger charge is -2.34. The molecule has 1 aromatic carbocycles. The quantitative estimate of drug-likeness (QED) is 0.842. The molecule has 3 atom stereocenters. The largest absolute Gasteiger partial charge is 0.455 e. The zero-order valence-corrected chi connectivity index (χ0v) is 15.2. The van der Waals surface area contributed by atoms with Crippen LogP contribution in [0, 0.1) is 25.7 Å². The predicted octanol–water partition coefficient (Wildman–Crippen LogP) is 3.33. The fourth-order valence-corrected chi connectivity index (χ4v) is 3.31. The predicted molar refractivity (Wildman–Crippen MR) is 94.7 cm³/mol. The molecule has 0 bridgehead atoms. The van der Waals surface area contributed by atoms with E-state index in [1.807, 2.05) is 32.0 Å². The Balaban J connectivity index is 1.76. The summed E-state index contributed by atoms with van der Waals surface area (Å²) >= 11 is 0. The smallest absolute Gasteiger partial charge is 0.310 e. The highest BCUT2D eigenvalue weighted by molar-refractivity contribution is 5.81. The normalized spacial score (nSPS) is 23.6. The van der Waals surface area contributed by atoms with Gasteiger partial charge in [0.05, 0.1) is 6.42 Å². The van der Waals surface area contributed by atoms with E-state index in [0.717, 1.165) is 24.0 Å². The van der Waals surface area contributed by atoms with Gasteiger partial charge in [-0.15, -0.1) is 0 Å². The van der Waals surface area contributed by atoms with Crippen molar-refractivity contribution in [3.63, 3.8) is 0 Å². The van der Waals surface area contributed by atoms with Crippen LogP contribution in [0.5, 0.6) is 0 Å². The van der Waals surface area contributed by atoms with E-state index in [1.54, 1.807) is 0 Å². The van der Waals surface area contributed by atoms with Crippen molar-refractivity contribution in [2.75, 3.05) is 6.61 Å². The number of hydrogen-bond acceptors (Lipinski definition) is 3. The minimum Gasteiger partial charge on any atom is -0.455 e. The van der Waals surface area contributed by atoms with Gasteiger partial charge in [-0.25, -0.2) is 0 Å². The van der Waals surface area contributed by atoms with E-state index >= 15 is 0 Å². The van der Waals surface area contributed by atoms with Gasteiger partial charge in [0.1, 0.15) is 0 Å². The van der Waals surface area contributed by atoms with Crippen LogP contribution in [-0.4, -0.2) is 24.5 Å². The molecule has 0 spiro atoms. The summed E-state index contributed by atoms with van der Waals surface area (Å²) in [5.41, 5.74) is 3.26. The lowest BCUT2D eigenvalue weighted by Crippen LogP contribution is -2.45. The van der Waals surface area contributed by atoms with Gasteiger partial charge in [0, 0.05) is 6.04 Å². The van der Waals surface area contributed by atoms with Crippen LogP contribution in [-0.2, 0) is 20.7 Å². The molecule has 1 aliphatic rings. The standard InChI is InChI=1S/C20H29NO3/c1-13-8-9-17(10-15(13)3)11-20(23)24-12-19(22)21-18-7-5-6-14(2)16(18)4/h8-10,14,16,18H,5-7,11-12H2,1-4H3,(H,21,22)/t14-,16-,18-/m0/s1. The van der Waals surface area contributed by atoms with Crippen molar-refractivity contribution in [1.82, 2.24) is 5.32 Å². The first-order valence-corrected chi connectivity index (χ1v) is 8.88. The molecule has 0 radical (unpaired) electrons. The van der Waals surface area contributed by atoms with Gasteiger partial charge in [-0.3, -0.25) is 9.59 Å². The van der Waals surface area contributed by atoms with E-state index in [1.165, 1.54) is 12.0 Å². The Labute approximate surface area is 145 Å². The van der Waals surface area contributed by atoms with Crippen LogP contribution in [0.15, 0.2) is 18.2 Å². The Morgan fingerprint density at radius 2 is 1.92 bits per heavy atom. The van der Waals surface area contributed by atoms with Gasteiger partial charge in [0.15, 0.2) is 6.61 Å². The van der Waals surface area contributed by atoms with Crippen LogP contribution < -0.4 is 5.32 Å². The third-order valence-electron chi connectivity index (χ3n) is 5.34. The fourth-order valence-electron chi connectivity index (χ4n) is 3.31. The molecule has 132 valence electrons. The molecule has 4 nitrogen and oxygen atoms in total. The minimum atomic E-state index is -0.363. The number of nitrogens with one attached hydrogen (secondary N) is 1. The number of amides is 1. The maximum absolute atomic E-state index is 12.0. The Bertz CT molecular complexity index is 597. The first-order valence-electron chi connectivity index (χ1n) is 8.88. The highest BCUT2D eigenvalue weighted by atomic mass is 16.5. The van der Waals surface area contributed by atoms with Crippen molar-refractivity contribution in [1.29, 1.82) is 0 Å². The second-order valence-electron chi connectivity index (χ2n) is 7.20. The first-order chi connectivity index (χ1) is 11.4. The second-order valence-corrected chi connectivity index (χ2v) is 7.20. The molecule has 1 aliphatic carbocycles. The molecule has 24 heavy (non-hydrogen) atoms. The van der Waals surface area contributed by atoms with Gasteiger partial charge in [-0.1, -0.05) is 44.9 Å². The van der Waals surface area contributed by atoms with E-state index in [4.69, 9.17) is 4.74 Å². The van der Waals surface area contributed by atoms with Gasteiger partial charge in [0.2, 0.25) is 0 Å². The molecule has 0 aromatic heterocycles. The van der Waals surface area contributed by atoms with Gasteiger partial charge >= 0.3 is 5.97 Å².